The summed E-state index contributed by atoms with van der Waals surface area (Å²) in [5.74, 6) is 1.15. The van der Waals surface area contributed by atoms with Gasteiger partial charge in [-0.05, 0) is 26.0 Å². The lowest BCUT2D eigenvalue weighted by atomic mass is 10.1. The first-order valence-corrected chi connectivity index (χ1v) is 4.15. The minimum absolute atomic E-state index is 0.0451. The Hall–Kier alpha value is -1.29. The molecule has 13 heavy (non-hydrogen) atoms. The summed E-state index contributed by atoms with van der Waals surface area (Å²) in [6.07, 6.45) is 0. The smallest absolute Gasteiger partial charge is 0.128 e. The second-order valence-corrected chi connectivity index (χ2v) is 3.61. The van der Waals surface area contributed by atoms with Gasteiger partial charge in [-0.25, -0.2) is 4.98 Å². The highest BCUT2D eigenvalue weighted by molar-refractivity contribution is 5.43. The Kier molecular flexibility index (Phi) is 2.72. The molecular formula is C9H15N3O. The van der Waals surface area contributed by atoms with Crippen molar-refractivity contribution in [3.63, 3.8) is 0 Å². The van der Waals surface area contributed by atoms with Crippen LogP contribution in [0.5, 0.6) is 0 Å². The average Bonchev–Trinajstić information content (AvgIpc) is 2.03. The summed E-state index contributed by atoms with van der Waals surface area (Å²) in [6.45, 7) is 3.82. The van der Waals surface area contributed by atoms with Crippen molar-refractivity contribution in [3.8, 4) is 0 Å². The monoisotopic (exact) mass is 181 g/mol. The quantitative estimate of drug-likeness (QED) is 0.646. The minimum atomic E-state index is -0.374. The molecule has 0 unspecified atom stereocenters. The van der Waals surface area contributed by atoms with E-state index in [0.717, 1.165) is 0 Å². The predicted octanol–water partition coefficient (Wildman–Crippen LogP) is 0.847. The van der Waals surface area contributed by atoms with Crippen molar-refractivity contribution in [2.24, 2.45) is 0 Å². The van der Waals surface area contributed by atoms with E-state index in [1.54, 1.807) is 6.07 Å². The van der Waals surface area contributed by atoms with Gasteiger partial charge in [-0.3, -0.25) is 0 Å². The Morgan fingerprint density at radius 2 is 2.23 bits per heavy atom. The van der Waals surface area contributed by atoms with Crippen molar-refractivity contribution in [2.45, 2.75) is 19.4 Å². The van der Waals surface area contributed by atoms with Crippen molar-refractivity contribution < 1.29 is 5.11 Å². The molecule has 0 bridgehead atoms. The van der Waals surface area contributed by atoms with Crippen LogP contribution in [0.25, 0.3) is 0 Å². The van der Waals surface area contributed by atoms with Gasteiger partial charge in [0.1, 0.15) is 11.6 Å². The molecule has 1 aromatic rings. The van der Waals surface area contributed by atoms with Gasteiger partial charge >= 0.3 is 0 Å². The van der Waals surface area contributed by atoms with Crippen LogP contribution in [0, 0.1) is 0 Å². The summed E-state index contributed by atoms with van der Waals surface area (Å²) in [6, 6.07) is 5.35. The minimum Gasteiger partial charge on any atom is -0.394 e. The van der Waals surface area contributed by atoms with E-state index in [1.165, 1.54) is 0 Å². The van der Waals surface area contributed by atoms with Crippen LogP contribution >= 0.6 is 0 Å². The maximum Gasteiger partial charge on any atom is 0.128 e. The molecular weight excluding hydrogens is 166 g/mol. The number of nitrogens with two attached hydrogens (primary N) is 1. The third-order valence-electron chi connectivity index (χ3n) is 1.63. The summed E-state index contributed by atoms with van der Waals surface area (Å²) in [5, 5.41) is 12.1. The fourth-order valence-corrected chi connectivity index (χ4v) is 0.907. The fourth-order valence-electron chi connectivity index (χ4n) is 0.907. The van der Waals surface area contributed by atoms with Crippen molar-refractivity contribution in [2.75, 3.05) is 17.7 Å². The molecule has 0 aliphatic heterocycles. The first-order chi connectivity index (χ1) is 6.03. The first kappa shape index (κ1) is 9.80. The van der Waals surface area contributed by atoms with Crippen LogP contribution in [0.2, 0.25) is 0 Å². The third-order valence-corrected chi connectivity index (χ3v) is 1.63. The highest BCUT2D eigenvalue weighted by atomic mass is 16.3. The average molecular weight is 181 g/mol. The van der Waals surface area contributed by atoms with Gasteiger partial charge in [0.2, 0.25) is 0 Å². The maximum absolute atomic E-state index is 9.00. The molecule has 0 fully saturated rings. The zero-order chi connectivity index (χ0) is 9.90. The summed E-state index contributed by atoms with van der Waals surface area (Å²) < 4.78 is 0. The largest absolute Gasteiger partial charge is 0.394 e. The van der Waals surface area contributed by atoms with Gasteiger partial charge in [-0.15, -0.1) is 0 Å². The zero-order valence-electron chi connectivity index (χ0n) is 7.91. The molecule has 1 aromatic heterocycles. The lowest BCUT2D eigenvalue weighted by Crippen LogP contribution is -2.35. The highest BCUT2D eigenvalue weighted by Gasteiger charge is 2.15. The molecule has 0 atom stereocenters. The lowest BCUT2D eigenvalue weighted by molar-refractivity contribution is 0.234. The van der Waals surface area contributed by atoms with E-state index in [2.05, 4.69) is 10.3 Å². The molecule has 0 radical (unpaired) electrons. The van der Waals surface area contributed by atoms with Gasteiger partial charge in [0.25, 0.3) is 0 Å². The molecule has 0 amide bonds. The van der Waals surface area contributed by atoms with Crippen LogP contribution in [0.4, 0.5) is 11.6 Å². The Balaban J connectivity index is 2.74. The Morgan fingerprint density at radius 1 is 1.54 bits per heavy atom. The summed E-state index contributed by atoms with van der Waals surface area (Å²) in [7, 11) is 0. The molecule has 0 saturated carbocycles. The molecule has 4 N–H and O–H groups in total. The van der Waals surface area contributed by atoms with E-state index in [4.69, 9.17) is 10.8 Å². The van der Waals surface area contributed by atoms with E-state index in [1.807, 2.05) is 26.0 Å². The van der Waals surface area contributed by atoms with Crippen LogP contribution < -0.4 is 11.1 Å². The number of anilines is 2. The number of pyridine rings is 1. The number of hydrogen-bond acceptors (Lipinski definition) is 4. The number of aromatic nitrogens is 1. The van der Waals surface area contributed by atoms with Gasteiger partial charge < -0.3 is 16.2 Å². The molecule has 1 rings (SSSR count). The number of nitrogen functional groups attached to an aromatic ring is 1. The SMILES string of the molecule is CC(C)(CO)Nc1cccc(N)n1. The van der Waals surface area contributed by atoms with Crippen LogP contribution in [0.1, 0.15) is 13.8 Å². The molecule has 0 aromatic carbocycles. The highest BCUT2D eigenvalue weighted by Crippen LogP contribution is 2.12. The number of nitrogens with one attached hydrogen (secondary N) is 1. The normalized spacial score (nSPS) is 11.3. The molecule has 72 valence electrons. The Bertz CT molecular complexity index is 286. The molecule has 4 heteroatoms. The van der Waals surface area contributed by atoms with Crippen molar-refractivity contribution in [1.29, 1.82) is 0 Å². The number of rotatable bonds is 3. The van der Waals surface area contributed by atoms with Gasteiger partial charge in [-0.2, -0.15) is 0 Å². The topological polar surface area (TPSA) is 71.2 Å². The van der Waals surface area contributed by atoms with E-state index in [-0.39, 0.29) is 12.1 Å². The van der Waals surface area contributed by atoms with E-state index >= 15 is 0 Å². The number of hydrogen-bond donors (Lipinski definition) is 3. The first-order valence-electron chi connectivity index (χ1n) is 4.15. The second-order valence-electron chi connectivity index (χ2n) is 3.61. The number of aliphatic hydroxyl groups excluding tert-OH is 1. The van der Waals surface area contributed by atoms with Gasteiger partial charge in [0, 0.05) is 0 Å². The molecule has 4 nitrogen and oxygen atoms in total. The maximum atomic E-state index is 9.00. The van der Waals surface area contributed by atoms with Crippen LogP contribution in [0.3, 0.4) is 0 Å². The predicted molar refractivity (Wildman–Crippen MR) is 53.4 cm³/mol. The molecule has 0 aliphatic rings. The summed E-state index contributed by atoms with van der Waals surface area (Å²) >= 11 is 0. The molecule has 0 saturated heterocycles. The van der Waals surface area contributed by atoms with E-state index in [0.29, 0.717) is 11.6 Å². The Morgan fingerprint density at radius 3 is 2.77 bits per heavy atom. The third kappa shape index (κ3) is 2.91. The van der Waals surface area contributed by atoms with Crippen molar-refractivity contribution in [1.82, 2.24) is 4.98 Å². The standard InChI is InChI=1S/C9H15N3O/c1-9(2,6-13)12-8-5-3-4-7(10)11-8/h3-5,13H,6H2,1-2H3,(H3,10,11,12). The van der Waals surface area contributed by atoms with Gasteiger partial charge in [-0.1, -0.05) is 6.07 Å². The molecule has 0 aliphatic carbocycles. The fraction of sp³-hybridized carbons (Fsp3) is 0.444. The van der Waals surface area contributed by atoms with Crippen LogP contribution in [-0.2, 0) is 0 Å². The molecule has 1 heterocycles. The second kappa shape index (κ2) is 3.62. The van der Waals surface area contributed by atoms with Crippen LogP contribution in [-0.4, -0.2) is 22.2 Å². The Labute approximate surface area is 77.8 Å². The number of nitrogens with zero attached hydrogens (tertiary/aromatic N) is 1. The van der Waals surface area contributed by atoms with Crippen molar-refractivity contribution in [3.05, 3.63) is 18.2 Å². The lowest BCUT2D eigenvalue weighted by Gasteiger charge is -2.24. The van der Waals surface area contributed by atoms with Gasteiger partial charge in [0.15, 0.2) is 0 Å². The van der Waals surface area contributed by atoms with E-state index in [9.17, 15) is 0 Å². The van der Waals surface area contributed by atoms with Gasteiger partial charge in [0.05, 0.1) is 12.1 Å². The van der Waals surface area contributed by atoms with Crippen LogP contribution in [0.15, 0.2) is 18.2 Å². The van der Waals surface area contributed by atoms with Crippen molar-refractivity contribution >= 4 is 11.6 Å². The summed E-state index contributed by atoms with van der Waals surface area (Å²) in [4.78, 5) is 4.06. The zero-order valence-corrected chi connectivity index (χ0v) is 7.91. The van der Waals surface area contributed by atoms with E-state index < -0.39 is 0 Å². The number of aliphatic hydroxyl groups is 1. The summed E-state index contributed by atoms with van der Waals surface area (Å²) in [5.41, 5.74) is 5.13. The molecule has 0 spiro atoms.